The summed E-state index contributed by atoms with van der Waals surface area (Å²) in [7, 11) is 1.66. The fourth-order valence-corrected chi connectivity index (χ4v) is 3.59. The molecule has 5 heteroatoms. The van der Waals surface area contributed by atoms with Gasteiger partial charge in [-0.05, 0) is 43.6 Å². The fraction of sp³-hybridized carbons (Fsp3) is 0.429. The number of hydrogen-bond donors (Lipinski definition) is 1. The molecule has 1 aliphatic rings. The lowest BCUT2D eigenvalue weighted by Gasteiger charge is -2.31. The number of carbonyl (C=O) groups excluding carboxylic acids is 1. The third-order valence-electron chi connectivity index (χ3n) is 5.09. The monoisotopic (exact) mass is 353 g/mol. The smallest absolute Gasteiger partial charge is 0.263 e. The van der Waals surface area contributed by atoms with Gasteiger partial charge in [0.2, 0.25) is 0 Å². The van der Waals surface area contributed by atoms with Crippen molar-refractivity contribution in [1.29, 1.82) is 0 Å². The molecule has 26 heavy (non-hydrogen) atoms. The number of benzene rings is 1. The van der Waals surface area contributed by atoms with E-state index in [0.29, 0.717) is 6.54 Å². The second-order valence-electron chi connectivity index (χ2n) is 6.92. The van der Waals surface area contributed by atoms with Crippen LogP contribution in [0, 0.1) is 0 Å². The van der Waals surface area contributed by atoms with Crippen LogP contribution in [0.4, 0.5) is 0 Å². The van der Waals surface area contributed by atoms with Crippen molar-refractivity contribution in [3.8, 4) is 0 Å². The molecule has 0 unspecified atom stereocenters. The summed E-state index contributed by atoms with van der Waals surface area (Å²) in [6.07, 6.45) is 6.57. The number of nitrogens with zero attached hydrogens (tertiary/aromatic N) is 2. The molecule has 0 saturated carbocycles. The normalized spacial score (nSPS) is 16.7. The number of aryl methyl sites for hydroxylation is 1. The minimum atomic E-state index is -0.304. The zero-order valence-electron chi connectivity index (χ0n) is 15.4. The van der Waals surface area contributed by atoms with Crippen LogP contribution < -0.4 is 10.9 Å². The molecular formula is C21H27N3O2. The predicted octanol–water partition coefficient (Wildman–Crippen LogP) is 2.73. The Labute approximate surface area is 154 Å². The van der Waals surface area contributed by atoms with Gasteiger partial charge in [0, 0.05) is 19.8 Å². The van der Waals surface area contributed by atoms with Crippen molar-refractivity contribution in [1.82, 2.24) is 14.8 Å². The second kappa shape index (κ2) is 8.81. The van der Waals surface area contributed by atoms with Gasteiger partial charge in [-0.2, -0.15) is 0 Å². The van der Waals surface area contributed by atoms with Crippen LogP contribution in [0.1, 0.15) is 47.6 Å². The van der Waals surface area contributed by atoms with E-state index < -0.39 is 0 Å². The molecule has 2 heterocycles. The van der Waals surface area contributed by atoms with Gasteiger partial charge in [-0.25, -0.2) is 0 Å². The van der Waals surface area contributed by atoms with Gasteiger partial charge < -0.3 is 9.88 Å². The molecule has 1 atom stereocenters. The summed E-state index contributed by atoms with van der Waals surface area (Å²) >= 11 is 0. The van der Waals surface area contributed by atoms with Crippen molar-refractivity contribution in [3.05, 3.63) is 70.1 Å². The Hall–Kier alpha value is -2.40. The van der Waals surface area contributed by atoms with Crippen molar-refractivity contribution in [2.24, 2.45) is 7.05 Å². The Kier molecular flexibility index (Phi) is 6.23. The van der Waals surface area contributed by atoms with E-state index in [-0.39, 0.29) is 23.1 Å². The quantitative estimate of drug-likeness (QED) is 0.899. The number of pyridine rings is 1. The summed E-state index contributed by atoms with van der Waals surface area (Å²) in [4.78, 5) is 27.2. The zero-order chi connectivity index (χ0) is 18.4. The van der Waals surface area contributed by atoms with Gasteiger partial charge in [0.15, 0.2) is 0 Å². The first-order valence-electron chi connectivity index (χ1n) is 9.39. The molecule has 0 bridgehead atoms. The molecule has 1 saturated heterocycles. The van der Waals surface area contributed by atoms with E-state index in [1.807, 2.05) is 18.2 Å². The van der Waals surface area contributed by atoms with Crippen LogP contribution in [0.2, 0.25) is 0 Å². The molecule has 1 aromatic carbocycles. The summed E-state index contributed by atoms with van der Waals surface area (Å²) in [5.74, 6) is -0.304. The van der Waals surface area contributed by atoms with E-state index in [4.69, 9.17) is 0 Å². The second-order valence-corrected chi connectivity index (χ2v) is 6.92. The molecule has 1 N–H and O–H groups in total. The van der Waals surface area contributed by atoms with Crippen LogP contribution >= 0.6 is 0 Å². The highest BCUT2D eigenvalue weighted by Gasteiger charge is 2.22. The maximum atomic E-state index is 12.6. The van der Waals surface area contributed by atoms with E-state index in [1.165, 1.54) is 35.8 Å². The topological polar surface area (TPSA) is 54.3 Å². The minimum Gasteiger partial charge on any atom is -0.350 e. The lowest BCUT2D eigenvalue weighted by molar-refractivity contribution is 0.0931. The van der Waals surface area contributed by atoms with E-state index in [1.54, 1.807) is 25.4 Å². The molecule has 0 aliphatic carbocycles. The molecule has 1 aliphatic heterocycles. The van der Waals surface area contributed by atoms with E-state index in [9.17, 15) is 9.59 Å². The van der Waals surface area contributed by atoms with Crippen molar-refractivity contribution in [2.45, 2.75) is 31.7 Å². The lowest BCUT2D eigenvalue weighted by Crippen LogP contribution is -2.40. The molecule has 3 rings (SSSR count). The van der Waals surface area contributed by atoms with Crippen molar-refractivity contribution in [3.63, 3.8) is 0 Å². The third-order valence-corrected chi connectivity index (χ3v) is 5.09. The van der Waals surface area contributed by atoms with Gasteiger partial charge in [-0.15, -0.1) is 0 Å². The van der Waals surface area contributed by atoms with Gasteiger partial charge in [-0.3, -0.25) is 14.5 Å². The first-order chi connectivity index (χ1) is 12.7. The molecule has 1 fully saturated rings. The molecule has 1 amide bonds. The van der Waals surface area contributed by atoms with Crippen LogP contribution in [-0.2, 0) is 7.05 Å². The largest absolute Gasteiger partial charge is 0.350 e. The van der Waals surface area contributed by atoms with E-state index in [2.05, 4.69) is 22.3 Å². The zero-order valence-corrected chi connectivity index (χ0v) is 15.4. The average molecular weight is 353 g/mol. The van der Waals surface area contributed by atoms with Crippen molar-refractivity contribution < 1.29 is 4.79 Å². The van der Waals surface area contributed by atoms with Gasteiger partial charge in [-0.1, -0.05) is 43.2 Å². The average Bonchev–Trinajstić information content (AvgIpc) is 2.94. The molecule has 138 valence electrons. The number of hydrogen-bond acceptors (Lipinski definition) is 3. The van der Waals surface area contributed by atoms with Gasteiger partial charge in [0.1, 0.15) is 5.56 Å². The minimum absolute atomic E-state index is 0.130. The molecule has 2 aromatic rings. The first kappa shape index (κ1) is 18.4. The SMILES string of the molecule is Cn1cccc(C(=O)NC[C@@H](c2ccccc2)N2CCCCCC2)c1=O. The Balaban J connectivity index is 1.76. The van der Waals surface area contributed by atoms with Crippen LogP contribution in [0.3, 0.4) is 0 Å². The summed E-state index contributed by atoms with van der Waals surface area (Å²) in [6.45, 7) is 2.59. The van der Waals surface area contributed by atoms with Crippen molar-refractivity contribution in [2.75, 3.05) is 19.6 Å². The molecule has 5 nitrogen and oxygen atoms in total. The molecular weight excluding hydrogens is 326 g/mol. The number of nitrogens with one attached hydrogen (secondary N) is 1. The predicted molar refractivity (Wildman–Crippen MR) is 103 cm³/mol. The van der Waals surface area contributed by atoms with E-state index in [0.717, 1.165) is 13.1 Å². The summed E-state index contributed by atoms with van der Waals surface area (Å²) < 4.78 is 1.43. The lowest BCUT2D eigenvalue weighted by atomic mass is 10.0. The first-order valence-corrected chi connectivity index (χ1v) is 9.39. The van der Waals surface area contributed by atoms with Crippen LogP contribution in [-0.4, -0.2) is 35.0 Å². The summed E-state index contributed by atoms with van der Waals surface area (Å²) in [6, 6.07) is 13.7. The standard InChI is InChI=1S/C21H27N3O2/c1-23-13-9-12-18(21(23)26)20(25)22-16-19(17-10-5-4-6-11-17)24-14-7-2-3-8-15-24/h4-6,9-13,19H,2-3,7-8,14-16H2,1H3,(H,22,25)/t19-/m0/s1. The fourth-order valence-electron chi connectivity index (χ4n) is 3.59. The third kappa shape index (κ3) is 4.41. The number of carbonyl (C=O) groups is 1. The van der Waals surface area contributed by atoms with E-state index >= 15 is 0 Å². The molecule has 0 radical (unpaired) electrons. The Morgan fingerprint density at radius 3 is 2.42 bits per heavy atom. The van der Waals surface area contributed by atoms with Crippen LogP contribution in [0.15, 0.2) is 53.5 Å². The Morgan fingerprint density at radius 2 is 1.73 bits per heavy atom. The van der Waals surface area contributed by atoms with Crippen LogP contribution in [0.5, 0.6) is 0 Å². The van der Waals surface area contributed by atoms with Gasteiger partial charge in [0.05, 0.1) is 6.04 Å². The number of likely N-dealkylation sites (tertiary alicyclic amines) is 1. The number of aromatic nitrogens is 1. The molecule has 1 aromatic heterocycles. The van der Waals surface area contributed by atoms with Gasteiger partial charge in [0.25, 0.3) is 11.5 Å². The molecule has 0 spiro atoms. The number of rotatable bonds is 5. The maximum absolute atomic E-state index is 12.6. The highest BCUT2D eigenvalue weighted by molar-refractivity contribution is 5.93. The van der Waals surface area contributed by atoms with Gasteiger partial charge >= 0.3 is 0 Å². The highest BCUT2D eigenvalue weighted by Crippen LogP contribution is 2.23. The highest BCUT2D eigenvalue weighted by atomic mass is 16.2. The Bertz CT molecular complexity index is 777. The van der Waals surface area contributed by atoms with Crippen LogP contribution in [0.25, 0.3) is 0 Å². The maximum Gasteiger partial charge on any atom is 0.263 e. The summed E-state index contributed by atoms with van der Waals surface area (Å²) in [5.41, 5.74) is 1.13. The summed E-state index contributed by atoms with van der Waals surface area (Å²) in [5, 5.41) is 2.99. The Morgan fingerprint density at radius 1 is 1.04 bits per heavy atom. The number of amides is 1. The van der Waals surface area contributed by atoms with Crippen molar-refractivity contribution >= 4 is 5.91 Å².